The SMILES string of the molecule is C=CCCCCCN(C)C(=NC)NCC1CCN(C2CC2)C1.I. The molecule has 134 valence electrons. The summed E-state index contributed by atoms with van der Waals surface area (Å²) in [5.74, 6) is 1.84. The second kappa shape index (κ2) is 11.3. The molecule has 1 aliphatic carbocycles. The summed E-state index contributed by atoms with van der Waals surface area (Å²) >= 11 is 0. The Bertz CT molecular complexity index is 368. The number of unbranched alkanes of at least 4 members (excludes halogenated alkanes) is 3. The van der Waals surface area contributed by atoms with Crippen LogP contribution in [0, 0.1) is 5.92 Å². The predicted molar refractivity (Wildman–Crippen MR) is 111 cm³/mol. The lowest BCUT2D eigenvalue weighted by Gasteiger charge is -2.23. The summed E-state index contributed by atoms with van der Waals surface area (Å²) in [5, 5.41) is 3.58. The zero-order valence-electron chi connectivity index (χ0n) is 15.0. The fourth-order valence-electron chi connectivity index (χ4n) is 3.34. The quantitative estimate of drug-likeness (QED) is 0.199. The molecule has 1 unspecified atom stereocenters. The third-order valence-corrected chi connectivity index (χ3v) is 4.90. The average Bonchev–Trinajstić information content (AvgIpc) is 3.27. The first-order chi connectivity index (χ1) is 10.7. The van der Waals surface area contributed by atoms with E-state index in [1.54, 1.807) is 0 Å². The molecule has 0 radical (unpaired) electrons. The zero-order chi connectivity index (χ0) is 15.8. The molecular formula is C18H35IN4. The molecule has 1 atom stereocenters. The summed E-state index contributed by atoms with van der Waals surface area (Å²) in [4.78, 5) is 9.38. The third kappa shape index (κ3) is 7.42. The summed E-state index contributed by atoms with van der Waals surface area (Å²) < 4.78 is 0. The Morgan fingerprint density at radius 1 is 1.30 bits per heavy atom. The first-order valence-corrected chi connectivity index (χ1v) is 9.01. The van der Waals surface area contributed by atoms with Crippen molar-refractivity contribution < 1.29 is 0 Å². The Labute approximate surface area is 159 Å². The lowest BCUT2D eigenvalue weighted by molar-refractivity contribution is 0.313. The van der Waals surface area contributed by atoms with Crippen LogP contribution in [-0.4, -0.2) is 62.1 Å². The minimum absolute atomic E-state index is 0. The normalized spacial score (nSPS) is 21.8. The second-order valence-electron chi connectivity index (χ2n) is 6.87. The maximum absolute atomic E-state index is 4.43. The van der Waals surface area contributed by atoms with Gasteiger partial charge in [-0.3, -0.25) is 4.99 Å². The Morgan fingerprint density at radius 2 is 2.09 bits per heavy atom. The largest absolute Gasteiger partial charge is 0.356 e. The summed E-state index contributed by atoms with van der Waals surface area (Å²) in [7, 11) is 4.04. The summed E-state index contributed by atoms with van der Waals surface area (Å²) in [6.45, 7) is 8.50. The minimum Gasteiger partial charge on any atom is -0.356 e. The van der Waals surface area contributed by atoms with Gasteiger partial charge in [0.05, 0.1) is 0 Å². The van der Waals surface area contributed by atoms with E-state index in [9.17, 15) is 0 Å². The van der Waals surface area contributed by atoms with Crippen molar-refractivity contribution in [2.24, 2.45) is 10.9 Å². The molecule has 0 spiro atoms. The van der Waals surface area contributed by atoms with E-state index < -0.39 is 0 Å². The Morgan fingerprint density at radius 3 is 2.74 bits per heavy atom. The molecule has 1 heterocycles. The molecule has 2 fully saturated rings. The van der Waals surface area contributed by atoms with Crippen molar-refractivity contribution in [2.75, 3.05) is 40.3 Å². The highest BCUT2D eigenvalue weighted by atomic mass is 127. The monoisotopic (exact) mass is 434 g/mol. The van der Waals surface area contributed by atoms with E-state index in [0.29, 0.717) is 0 Å². The van der Waals surface area contributed by atoms with Gasteiger partial charge in [-0.25, -0.2) is 0 Å². The minimum atomic E-state index is 0. The number of likely N-dealkylation sites (tertiary alicyclic amines) is 1. The number of hydrogen-bond acceptors (Lipinski definition) is 2. The van der Waals surface area contributed by atoms with Crippen LogP contribution >= 0.6 is 24.0 Å². The number of rotatable bonds is 9. The van der Waals surface area contributed by atoms with Crippen LogP contribution in [0.25, 0.3) is 0 Å². The van der Waals surface area contributed by atoms with Crippen molar-refractivity contribution >= 4 is 29.9 Å². The fourth-order valence-corrected chi connectivity index (χ4v) is 3.34. The third-order valence-electron chi connectivity index (χ3n) is 4.90. The highest BCUT2D eigenvalue weighted by molar-refractivity contribution is 14.0. The van der Waals surface area contributed by atoms with Gasteiger partial charge in [0.1, 0.15) is 0 Å². The lowest BCUT2D eigenvalue weighted by Crippen LogP contribution is -2.41. The van der Waals surface area contributed by atoms with Gasteiger partial charge in [0.15, 0.2) is 5.96 Å². The molecule has 0 aromatic rings. The summed E-state index contributed by atoms with van der Waals surface area (Å²) in [6, 6.07) is 0.919. The van der Waals surface area contributed by atoms with E-state index in [1.165, 1.54) is 51.6 Å². The molecule has 0 aromatic heterocycles. The van der Waals surface area contributed by atoms with Gasteiger partial charge in [-0.15, -0.1) is 30.6 Å². The topological polar surface area (TPSA) is 30.9 Å². The van der Waals surface area contributed by atoms with E-state index in [1.807, 2.05) is 13.1 Å². The van der Waals surface area contributed by atoms with Gasteiger partial charge in [-0.1, -0.05) is 12.5 Å². The standard InChI is InChI=1S/C18H34N4.HI/c1-4-5-6-7-8-12-21(3)18(19-2)20-14-16-11-13-22(15-16)17-9-10-17;/h4,16-17H,1,5-15H2,2-3H3,(H,19,20);1H. The van der Waals surface area contributed by atoms with Crippen molar-refractivity contribution in [3.63, 3.8) is 0 Å². The Hall–Kier alpha value is -0.300. The molecule has 1 saturated carbocycles. The van der Waals surface area contributed by atoms with Crippen LogP contribution in [0.4, 0.5) is 0 Å². The molecule has 23 heavy (non-hydrogen) atoms. The number of aliphatic imine (C=N–C) groups is 1. The van der Waals surface area contributed by atoms with E-state index in [0.717, 1.165) is 37.4 Å². The van der Waals surface area contributed by atoms with E-state index in [2.05, 4.69) is 33.7 Å². The maximum atomic E-state index is 4.43. The zero-order valence-corrected chi connectivity index (χ0v) is 17.3. The van der Waals surface area contributed by atoms with Crippen LogP contribution < -0.4 is 5.32 Å². The first-order valence-electron chi connectivity index (χ1n) is 9.01. The van der Waals surface area contributed by atoms with E-state index in [4.69, 9.17) is 0 Å². The van der Waals surface area contributed by atoms with Gasteiger partial charge < -0.3 is 15.1 Å². The molecular weight excluding hydrogens is 399 g/mol. The van der Waals surface area contributed by atoms with Crippen molar-refractivity contribution in [1.29, 1.82) is 0 Å². The van der Waals surface area contributed by atoms with Crippen molar-refractivity contribution in [2.45, 2.75) is 51.0 Å². The number of guanidine groups is 1. The molecule has 1 N–H and O–H groups in total. The van der Waals surface area contributed by atoms with Gasteiger partial charge in [-0.2, -0.15) is 0 Å². The highest BCUT2D eigenvalue weighted by Gasteiger charge is 2.34. The molecule has 1 aliphatic heterocycles. The van der Waals surface area contributed by atoms with E-state index >= 15 is 0 Å². The van der Waals surface area contributed by atoms with Crippen LogP contribution in [0.2, 0.25) is 0 Å². The van der Waals surface area contributed by atoms with Crippen molar-refractivity contribution in [3.8, 4) is 0 Å². The molecule has 0 aromatic carbocycles. The lowest BCUT2D eigenvalue weighted by atomic mass is 10.1. The second-order valence-corrected chi connectivity index (χ2v) is 6.87. The van der Waals surface area contributed by atoms with E-state index in [-0.39, 0.29) is 24.0 Å². The number of nitrogens with one attached hydrogen (secondary N) is 1. The summed E-state index contributed by atoms with van der Waals surface area (Å²) in [6.07, 6.45) is 11.1. The molecule has 5 heteroatoms. The van der Waals surface area contributed by atoms with Gasteiger partial charge in [0.2, 0.25) is 0 Å². The number of nitrogens with zero attached hydrogens (tertiary/aromatic N) is 3. The van der Waals surface area contributed by atoms with Crippen LogP contribution in [0.5, 0.6) is 0 Å². The molecule has 2 rings (SSSR count). The molecule has 2 aliphatic rings. The van der Waals surface area contributed by atoms with Gasteiger partial charge in [-0.05, 0) is 51.0 Å². The van der Waals surface area contributed by atoms with Gasteiger partial charge >= 0.3 is 0 Å². The van der Waals surface area contributed by atoms with Crippen LogP contribution in [-0.2, 0) is 0 Å². The van der Waals surface area contributed by atoms with Crippen LogP contribution in [0.1, 0.15) is 44.9 Å². The number of halogens is 1. The van der Waals surface area contributed by atoms with Gasteiger partial charge in [0, 0.05) is 39.8 Å². The molecule has 1 saturated heterocycles. The van der Waals surface area contributed by atoms with Crippen LogP contribution in [0.15, 0.2) is 17.6 Å². The summed E-state index contributed by atoms with van der Waals surface area (Å²) in [5.41, 5.74) is 0. The molecule has 0 bridgehead atoms. The fraction of sp³-hybridized carbons (Fsp3) is 0.833. The number of allylic oxidation sites excluding steroid dienone is 1. The highest BCUT2D eigenvalue weighted by Crippen LogP contribution is 2.31. The Balaban J connectivity index is 0.00000264. The van der Waals surface area contributed by atoms with Gasteiger partial charge in [0.25, 0.3) is 0 Å². The first kappa shape index (κ1) is 20.7. The van der Waals surface area contributed by atoms with Crippen molar-refractivity contribution in [1.82, 2.24) is 15.1 Å². The Kier molecular flexibility index (Phi) is 10.2. The average molecular weight is 434 g/mol. The molecule has 0 amide bonds. The van der Waals surface area contributed by atoms with Crippen molar-refractivity contribution in [3.05, 3.63) is 12.7 Å². The predicted octanol–water partition coefficient (Wildman–Crippen LogP) is 3.34. The molecule has 4 nitrogen and oxygen atoms in total. The van der Waals surface area contributed by atoms with Crippen LogP contribution in [0.3, 0.4) is 0 Å². The number of hydrogen-bond donors (Lipinski definition) is 1. The maximum Gasteiger partial charge on any atom is 0.193 e. The smallest absolute Gasteiger partial charge is 0.193 e.